The average molecular weight is 524 g/mol. The Morgan fingerprint density at radius 2 is 1.82 bits per heavy atom. The second-order valence-electron chi connectivity index (χ2n) is 8.06. The molecule has 1 fully saturated rings. The summed E-state index contributed by atoms with van der Waals surface area (Å²) in [6.45, 7) is 1.85. The van der Waals surface area contributed by atoms with Gasteiger partial charge >= 0.3 is 0 Å². The summed E-state index contributed by atoms with van der Waals surface area (Å²) in [7, 11) is 0. The molecule has 174 valence electrons. The van der Waals surface area contributed by atoms with E-state index in [-0.39, 0.29) is 11.3 Å². The van der Waals surface area contributed by atoms with Gasteiger partial charge < -0.3 is 24.0 Å². The number of likely N-dealkylation sites (tertiary alicyclic amines) is 1. The lowest BCUT2D eigenvalue weighted by Crippen LogP contribution is -2.31. The van der Waals surface area contributed by atoms with Crippen LogP contribution < -0.4 is 9.47 Å². The minimum absolute atomic E-state index is 0.0617. The number of amides is 1. The third-order valence-corrected chi connectivity index (χ3v) is 6.44. The SMILES string of the molecule is O=C1C(=O)N(CCCn2ccnc2)C(c2ccc(Br)cc2)/C1=C(/O)c1ccc2c(c1)OCCO2. The molecule has 3 aromatic rings. The first-order valence-electron chi connectivity index (χ1n) is 10.9. The summed E-state index contributed by atoms with van der Waals surface area (Å²) in [4.78, 5) is 31.8. The summed E-state index contributed by atoms with van der Waals surface area (Å²) in [5.41, 5.74) is 1.19. The lowest BCUT2D eigenvalue weighted by molar-refractivity contribution is -0.139. The molecule has 2 aliphatic heterocycles. The molecule has 0 bridgehead atoms. The number of ether oxygens (including phenoxy) is 2. The van der Waals surface area contributed by atoms with E-state index in [9.17, 15) is 14.7 Å². The molecule has 2 aromatic carbocycles. The number of aliphatic hydroxyl groups is 1. The molecule has 5 rings (SSSR count). The fraction of sp³-hybridized carbons (Fsp3) is 0.240. The van der Waals surface area contributed by atoms with Gasteiger partial charge in [-0.15, -0.1) is 0 Å². The van der Waals surface area contributed by atoms with E-state index in [1.807, 2.05) is 35.0 Å². The summed E-state index contributed by atoms with van der Waals surface area (Å²) in [6, 6.07) is 11.7. The van der Waals surface area contributed by atoms with Crippen LogP contribution in [0.15, 0.2) is 71.2 Å². The Morgan fingerprint density at radius 3 is 2.56 bits per heavy atom. The van der Waals surface area contributed by atoms with Gasteiger partial charge in [0.25, 0.3) is 11.7 Å². The van der Waals surface area contributed by atoms with Crippen molar-refractivity contribution in [2.45, 2.75) is 19.0 Å². The molecule has 8 nitrogen and oxygen atoms in total. The zero-order chi connectivity index (χ0) is 23.7. The Bertz CT molecular complexity index is 1250. The van der Waals surface area contributed by atoms with Crippen molar-refractivity contribution in [1.82, 2.24) is 14.5 Å². The van der Waals surface area contributed by atoms with Crippen molar-refractivity contribution in [2.24, 2.45) is 0 Å². The van der Waals surface area contributed by atoms with Crippen molar-refractivity contribution in [3.8, 4) is 11.5 Å². The number of aromatic nitrogens is 2. The van der Waals surface area contributed by atoms with Gasteiger partial charge in [0.05, 0.1) is 17.9 Å². The zero-order valence-electron chi connectivity index (χ0n) is 18.2. The predicted octanol–water partition coefficient (Wildman–Crippen LogP) is 3.93. The first kappa shape index (κ1) is 22.2. The molecule has 9 heteroatoms. The lowest BCUT2D eigenvalue weighted by atomic mass is 9.95. The fourth-order valence-electron chi connectivity index (χ4n) is 4.29. The molecule has 1 aromatic heterocycles. The summed E-state index contributed by atoms with van der Waals surface area (Å²) in [5.74, 6) is -0.502. The van der Waals surface area contributed by atoms with E-state index in [1.54, 1.807) is 30.7 Å². The van der Waals surface area contributed by atoms with E-state index < -0.39 is 17.7 Å². The highest BCUT2D eigenvalue weighted by atomic mass is 79.9. The van der Waals surface area contributed by atoms with E-state index in [1.165, 1.54) is 4.90 Å². The molecule has 0 radical (unpaired) electrons. The Kier molecular flexibility index (Phi) is 6.10. The van der Waals surface area contributed by atoms with Crippen molar-refractivity contribution >= 4 is 33.4 Å². The number of hydrogen-bond acceptors (Lipinski definition) is 6. The normalized spacial score (nSPS) is 19.0. The van der Waals surface area contributed by atoms with Gasteiger partial charge in [-0.1, -0.05) is 28.1 Å². The standard InChI is InChI=1S/C25H22BrN3O5/c26-18-5-2-16(3-6-18)22-21(23(30)17-4-7-19-20(14-17)34-13-12-33-19)24(31)25(32)29(22)10-1-9-28-11-8-27-15-28/h2-8,11,14-15,22,30H,1,9-10,12-13H2/b23-21-. The van der Waals surface area contributed by atoms with Crippen LogP contribution in [0.2, 0.25) is 0 Å². The molecule has 1 N–H and O–H groups in total. The van der Waals surface area contributed by atoms with Crippen molar-refractivity contribution in [1.29, 1.82) is 0 Å². The van der Waals surface area contributed by atoms with Gasteiger partial charge in [-0.3, -0.25) is 9.59 Å². The predicted molar refractivity (Wildman–Crippen MR) is 127 cm³/mol. The van der Waals surface area contributed by atoms with E-state index in [2.05, 4.69) is 20.9 Å². The molecule has 3 heterocycles. The van der Waals surface area contributed by atoms with Crippen LogP contribution in [0.3, 0.4) is 0 Å². The van der Waals surface area contributed by atoms with Gasteiger partial charge in [0.2, 0.25) is 0 Å². The number of Topliss-reactive ketones (excluding diaryl/α,β-unsaturated/α-hetero) is 1. The monoisotopic (exact) mass is 523 g/mol. The molecule has 1 unspecified atom stereocenters. The number of imidazole rings is 1. The number of carbonyl (C=O) groups is 2. The summed E-state index contributed by atoms with van der Waals surface area (Å²) in [5, 5.41) is 11.3. The van der Waals surface area contributed by atoms with Crippen LogP contribution in [-0.2, 0) is 16.1 Å². The van der Waals surface area contributed by atoms with Crippen molar-refractivity contribution < 1.29 is 24.2 Å². The molecule has 34 heavy (non-hydrogen) atoms. The molecular weight excluding hydrogens is 502 g/mol. The van der Waals surface area contributed by atoms with Crippen LogP contribution >= 0.6 is 15.9 Å². The van der Waals surface area contributed by atoms with E-state index in [4.69, 9.17) is 9.47 Å². The largest absolute Gasteiger partial charge is 0.507 e. The number of ketones is 1. The van der Waals surface area contributed by atoms with Gasteiger partial charge in [-0.2, -0.15) is 0 Å². The van der Waals surface area contributed by atoms with E-state index >= 15 is 0 Å². The van der Waals surface area contributed by atoms with Gasteiger partial charge in [0.1, 0.15) is 19.0 Å². The summed E-state index contributed by atoms with van der Waals surface area (Å²) >= 11 is 3.43. The maximum atomic E-state index is 13.2. The van der Waals surface area contributed by atoms with Gasteiger partial charge in [0, 0.05) is 35.5 Å². The number of rotatable bonds is 6. The minimum Gasteiger partial charge on any atom is -0.507 e. The quantitative estimate of drug-likeness (QED) is 0.299. The number of aryl methyl sites for hydroxylation is 1. The van der Waals surface area contributed by atoms with Crippen molar-refractivity contribution in [3.63, 3.8) is 0 Å². The van der Waals surface area contributed by atoms with Crippen LogP contribution in [0, 0.1) is 0 Å². The molecule has 2 aliphatic rings. The molecular formula is C25H22BrN3O5. The first-order chi connectivity index (χ1) is 16.5. The molecule has 1 saturated heterocycles. The average Bonchev–Trinajstić information content (AvgIpc) is 3.46. The molecule has 0 aliphatic carbocycles. The third-order valence-electron chi connectivity index (χ3n) is 5.92. The molecule has 1 amide bonds. The molecule has 0 spiro atoms. The van der Waals surface area contributed by atoms with Crippen LogP contribution in [0.4, 0.5) is 0 Å². The Morgan fingerprint density at radius 1 is 1.06 bits per heavy atom. The minimum atomic E-state index is -0.706. The summed E-state index contributed by atoms with van der Waals surface area (Å²) in [6.07, 6.45) is 5.88. The summed E-state index contributed by atoms with van der Waals surface area (Å²) < 4.78 is 14.0. The third kappa shape index (κ3) is 4.19. The van der Waals surface area contributed by atoms with Gasteiger partial charge in [0.15, 0.2) is 11.5 Å². The molecule has 0 saturated carbocycles. The highest BCUT2D eigenvalue weighted by molar-refractivity contribution is 9.10. The number of hydrogen-bond donors (Lipinski definition) is 1. The first-order valence-corrected chi connectivity index (χ1v) is 11.7. The smallest absolute Gasteiger partial charge is 0.295 e. The topological polar surface area (TPSA) is 93.9 Å². The van der Waals surface area contributed by atoms with Crippen molar-refractivity contribution in [3.05, 3.63) is 82.4 Å². The Balaban J connectivity index is 1.53. The maximum absolute atomic E-state index is 13.2. The second kappa shape index (κ2) is 9.34. The van der Waals surface area contributed by atoms with E-state index in [0.29, 0.717) is 49.8 Å². The number of benzene rings is 2. The van der Waals surface area contributed by atoms with Crippen LogP contribution in [0.1, 0.15) is 23.6 Å². The number of halogens is 1. The highest BCUT2D eigenvalue weighted by Crippen LogP contribution is 2.41. The van der Waals surface area contributed by atoms with Crippen LogP contribution in [-0.4, -0.2) is 51.0 Å². The number of carbonyl (C=O) groups excluding carboxylic acids is 2. The van der Waals surface area contributed by atoms with Crippen LogP contribution in [0.25, 0.3) is 5.76 Å². The number of fused-ring (bicyclic) bond motifs is 1. The van der Waals surface area contributed by atoms with Crippen molar-refractivity contribution in [2.75, 3.05) is 19.8 Å². The maximum Gasteiger partial charge on any atom is 0.295 e. The number of aliphatic hydroxyl groups excluding tert-OH is 1. The Hall–Kier alpha value is -3.59. The fourth-order valence-corrected chi connectivity index (χ4v) is 4.56. The van der Waals surface area contributed by atoms with E-state index in [0.717, 1.165) is 10.0 Å². The van der Waals surface area contributed by atoms with Gasteiger partial charge in [-0.25, -0.2) is 4.98 Å². The lowest BCUT2D eigenvalue weighted by Gasteiger charge is -2.25. The second-order valence-corrected chi connectivity index (χ2v) is 8.97. The zero-order valence-corrected chi connectivity index (χ0v) is 19.8. The highest BCUT2D eigenvalue weighted by Gasteiger charge is 2.45. The molecule has 1 atom stereocenters. The van der Waals surface area contributed by atoms with Crippen LogP contribution in [0.5, 0.6) is 11.5 Å². The Labute approximate surface area is 204 Å². The van der Waals surface area contributed by atoms with Gasteiger partial charge in [-0.05, 0) is 42.3 Å². The number of nitrogens with zero attached hydrogens (tertiary/aromatic N) is 3.